The van der Waals surface area contributed by atoms with Gasteiger partial charge in [-0.15, -0.1) is 0 Å². The predicted molar refractivity (Wildman–Crippen MR) is 60.4 cm³/mol. The molecule has 2 aromatic carbocycles. The molecule has 0 atom stereocenters. The van der Waals surface area contributed by atoms with Crippen LogP contribution in [-0.4, -0.2) is 20.2 Å². The highest BCUT2D eigenvalue weighted by Crippen LogP contribution is 2.29. The minimum Gasteiger partial charge on any atom is -0.504 e. The molecule has 4 nitrogen and oxygen atoms in total. The first-order valence-corrected chi connectivity index (χ1v) is 4.73. The van der Waals surface area contributed by atoms with Crippen molar-refractivity contribution >= 4 is 22.1 Å². The minimum atomic E-state index is -0.229. The van der Waals surface area contributed by atoms with Crippen LogP contribution in [0.1, 0.15) is 1.37 Å². The average Bonchev–Trinajstić information content (AvgIpc) is 2.28. The quantitative estimate of drug-likeness (QED) is 0.443. The molecule has 16 heavy (non-hydrogen) atoms. The Bertz CT molecular complexity index is 743. The van der Waals surface area contributed by atoms with Gasteiger partial charge in [-0.1, -0.05) is 12.1 Å². The van der Waals surface area contributed by atoms with Crippen LogP contribution in [0.4, 0.5) is 0 Å². The van der Waals surface area contributed by atoms with E-state index < -0.39 is 0 Å². The van der Waals surface area contributed by atoms with Gasteiger partial charge in [0, 0.05) is 12.1 Å². The number of rotatable bonds is 0. The highest BCUT2D eigenvalue weighted by Gasteiger charge is 2.05. The number of fused-ring (bicyclic) bond motifs is 2. The molecule has 0 fully saturated rings. The zero-order valence-corrected chi connectivity index (χ0v) is 8.18. The van der Waals surface area contributed by atoms with Crippen LogP contribution in [0.15, 0.2) is 36.4 Å². The van der Waals surface area contributed by atoms with E-state index in [2.05, 4.69) is 9.97 Å². The largest absolute Gasteiger partial charge is 0.504 e. The molecular weight excluding hydrogens is 204 g/mol. The fraction of sp³-hybridized carbons (Fsp3) is 0. The lowest BCUT2D eigenvalue weighted by atomic mass is 10.2. The van der Waals surface area contributed by atoms with E-state index >= 15 is 0 Å². The number of hydrogen-bond acceptors (Lipinski definition) is 4. The zero-order chi connectivity index (χ0) is 12.0. The summed E-state index contributed by atoms with van der Waals surface area (Å²) in [6.45, 7) is 0. The van der Waals surface area contributed by atoms with Crippen molar-refractivity contribution in [2.75, 3.05) is 0 Å². The third kappa shape index (κ3) is 1.24. The fourth-order valence-electron chi connectivity index (χ4n) is 1.59. The van der Waals surface area contributed by atoms with Crippen molar-refractivity contribution in [2.45, 2.75) is 0 Å². The summed E-state index contributed by atoms with van der Waals surface area (Å²) in [5.41, 5.74) is 2.23. The molecule has 0 bridgehead atoms. The monoisotopic (exact) mass is 213 g/mol. The van der Waals surface area contributed by atoms with Crippen LogP contribution in [-0.2, 0) is 0 Å². The second-order valence-electron chi connectivity index (χ2n) is 3.47. The standard InChI is InChI=1S/C12H8N2O2/c15-11-5-9-10(6-12(11)16)14-8-4-2-1-3-7(8)13-9/h1-6,15-16H/i1D. The van der Waals surface area contributed by atoms with Crippen LogP contribution >= 0.6 is 0 Å². The van der Waals surface area contributed by atoms with Crippen molar-refractivity contribution in [3.8, 4) is 11.5 Å². The Morgan fingerprint density at radius 2 is 1.44 bits per heavy atom. The zero-order valence-electron chi connectivity index (χ0n) is 9.18. The number of aromatic hydroxyl groups is 2. The molecule has 0 saturated heterocycles. The smallest absolute Gasteiger partial charge is 0.159 e. The first-order chi connectivity index (χ1) is 8.13. The maximum Gasteiger partial charge on any atom is 0.159 e. The Kier molecular flexibility index (Phi) is 1.51. The second kappa shape index (κ2) is 3.06. The minimum absolute atomic E-state index is 0.219. The highest BCUT2D eigenvalue weighted by atomic mass is 16.3. The van der Waals surface area contributed by atoms with Gasteiger partial charge in [-0.2, -0.15) is 0 Å². The van der Waals surface area contributed by atoms with Gasteiger partial charge >= 0.3 is 0 Å². The van der Waals surface area contributed by atoms with Gasteiger partial charge < -0.3 is 10.2 Å². The number of phenolic OH excluding ortho intramolecular Hbond substituents is 2. The van der Waals surface area contributed by atoms with Gasteiger partial charge in [-0.05, 0) is 12.1 Å². The summed E-state index contributed by atoms with van der Waals surface area (Å²) in [6.07, 6.45) is 0. The molecule has 4 heteroatoms. The molecule has 0 aliphatic carbocycles. The molecule has 0 unspecified atom stereocenters. The summed E-state index contributed by atoms with van der Waals surface area (Å²) >= 11 is 0. The lowest BCUT2D eigenvalue weighted by Gasteiger charge is -2.02. The number of para-hydroxylation sites is 2. The van der Waals surface area contributed by atoms with Gasteiger partial charge in [0.05, 0.1) is 23.4 Å². The lowest BCUT2D eigenvalue weighted by molar-refractivity contribution is 0.404. The number of phenols is 2. The summed E-state index contributed by atoms with van der Waals surface area (Å²) in [5.74, 6) is -0.448. The Hall–Kier alpha value is -2.36. The summed E-state index contributed by atoms with van der Waals surface area (Å²) < 4.78 is 7.50. The number of aromatic nitrogens is 2. The van der Waals surface area contributed by atoms with Crippen LogP contribution in [0, 0.1) is 0 Å². The maximum atomic E-state index is 9.39. The van der Waals surface area contributed by atoms with Gasteiger partial charge in [-0.25, -0.2) is 9.97 Å². The molecule has 0 amide bonds. The molecule has 0 aliphatic heterocycles. The Morgan fingerprint density at radius 3 is 2.06 bits per heavy atom. The van der Waals surface area contributed by atoms with E-state index in [0.29, 0.717) is 28.1 Å². The number of hydrogen-bond donors (Lipinski definition) is 2. The van der Waals surface area contributed by atoms with E-state index in [1.165, 1.54) is 12.1 Å². The van der Waals surface area contributed by atoms with Crippen molar-refractivity contribution in [1.82, 2.24) is 9.97 Å². The second-order valence-corrected chi connectivity index (χ2v) is 3.47. The first-order valence-electron chi connectivity index (χ1n) is 5.23. The number of benzene rings is 2. The van der Waals surface area contributed by atoms with Crippen molar-refractivity contribution in [3.05, 3.63) is 36.4 Å². The van der Waals surface area contributed by atoms with Gasteiger partial charge in [0.2, 0.25) is 0 Å². The molecule has 2 N–H and O–H groups in total. The molecule has 3 aromatic rings. The van der Waals surface area contributed by atoms with Crippen molar-refractivity contribution in [1.29, 1.82) is 0 Å². The average molecular weight is 213 g/mol. The van der Waals surface area contributed by atoms with E-state index in [4.69, 9.17) is 1.37 Å². The molecule has 0 spiro atoms. The Balaban J connectivity index is 2.43. The van der Waals surface area contributed by atoms with Crippen LogP contribution in [0.2, 0.25) is 0 Å². The summed E-state index contributed by atoms with van der Waals surface area (Å²) in [6, 6.07) is 8.01. The maximum absolute atomic E-state index is 9.39. The van der Waals surface area contributed by atoms with E-state index in [-0.39, 0.29) is 11.5 Å². The fourth-order valence-corrected chi connectivity index (χ4v) is 1.59. The molecule has 0 radical (unpaired) electrons. The molecule has 78 valence electrons. The van der Waals surface area contributed by atoms with Crippen LogP contribution < -0.4 is 0 Å². The van der Waals surface area contributed by atoms with E-state index in [1.807, 2.05) is 0 Å². The highest BCUT2D eigenvalue weighted by molar-refractivity contribution is 5.87. The Labute approximate surface area is 92.2 Å². The molecule has 0 aliphatic rings. The van der Waals surface area contributed by atoms with Crippen LogP contribution in [0.5, 0.6) is 11.5 Å². The summed E-state index contributed by atoms with van der Waals surface area (Å²) in [5, 5.41) is 18.8. The topological polar surface area (TPSA) is 66.2 Å². The molecule has 1 aromatic heterocycles. The van der Waals surface area contributed by atoms with E-state index in [9.17, 15) is 10.2 Å². The predicted octanol–water partition coefficient (Wildman–Crippen LogP) is 2.19. The lowest BCUT2D eigenvalue weighted by Crippen LogP contribution is -1.86. The van der Waals surface area contributed by atoms with Crippen molar-refractivity contribution in [3.63, 3.8) is 0 Å². The van der Waals surface area contributed by atoms with Crippen molar-refractivity contribution in [2.24, 2.45) is 0 Å². The first kappa shape index (κ1) is 7.87. The SMILES string of the molecule is [2H]c1ccc2nc3cc(O)c(O)cc3nc2c1. The van der Waals surface area contributed by atoms with Gasteiger partial charge in [0.25, 0.3) is 0 Å². The summed E-state index contributed by atoms with van der Waals surface area (Å²) in [7, 11) is 0. The van der Waals surface area contributed by atoms with E-state index in [0.717, 1.165) is 0 Å². The van der Waals surface area contributed by atoms with Gasteiger partial charge in [0.1, 0.15) is 0 Å². The molecule has 1 heterocycles. The van der Waals surface area contributed by atoms with Gasteiger partial charge in [-0.3, -0.25) is 0 Å². The van der Waals surface area contributed by atoms with Gasteiger partial charge in [0.15, 0.2) is 11.5 Å². The summed E-state index contributed by atoms with van der Waals surface area (Å²) in [4.78, 5) is 8.59. The molecular formula is C12H8N2O2. The molecule has 0 saturated carbocycles. The third-order valence-electron chi connectivity index (χ3n) is 2.37. The normalized spacial score (nSPS) is 11.9. The number of nitrogens with zero attached hydrogens (tertiary/aromatic N) is 2. The Morgan fingerprint density at radius 1 is 0.875 bits per heavy atom. The van der Waals surface area contributed by atoms with Crippen molar-refractivity contribution < 1.29 is 11.6 Å². The van der Waals surface area contributed by atoms with E-state index in [1.54, 1.807) is 18.2 Å². The molecule has 3 rings (SSSR count). The van der Waals surface area contributed by atoms with Crippen LogP contribution in [0.25, 0.3) is 22.1 Å². The van der Waals surface area contributed by atoms with Crippen LogP contribution in [0.3, 0.4) is 0 Å². The third-order valence-corrected chi connectivity index (χ3v) is 2.37.